The van der Waals surface area contributed by atoms with Crippen molar-refractivity contribution in [2.45, 2.75) is 70.1 Å². The molecule has 24 heavy (non-hydrogen) atoms. The lowest BCUT2D eigenvalue weighted by Crippen LogP contribution is -2.21. The van der Waals surface area contributed by atoms with Crippen LogP contribution in [0.25, 0.3) is 0 Å². The molecule has 0 aromatic heterocycles. The van der Waals surface area contributed by atoms with Gasteiger partial charge in [0.15, 0.2) is 0 Å². The first-order chi connectivity index (χ1) is 11.7. The lowest BCUT2D eigenvalue weighted by molar-refractivity contribution is 0.118. The molecule has 0 aliphatic heterocycles. The van der Waals surface area contributed by atoms with Crippen molar-refractivity contribution in [3.8, 4) is 5.75 Å². The van der Waals surface area contributed by atoms with Crippen molar-refractivity contribution < 1.29 is 9.84 Å². The summed E-state index contributed by atoms with van der Waals surface area (Å²) in [6.07, 6.45) is 10.6. The standard InChI is InChI=1S/C22H32O2/c1-14-8-22(23)21(15-6-4-3-5-7-15)12-19(14)20-11-16-9-17(20)10-18(16)13-24-2/h8,12,15-18,20,23H,3-7,9-11,13H2,1-2H3. The minimum Gasteiger partial charge on any atom is -0.508 e. The normalized spacial score (nSPS) is 33.2. The third-order valence-corrected chi connectivity index (χ3v) is 7.24. The molecule has 0 amide bonds. The van der Waals surface area contributed by atoms with Gasteiger partial charge in [-0.25, -0.2) is 0 Å². The molecular weight excluding hydrogens is 296 g/mol. The van der Waals surface area contributed by atoms with E-state index in [2.05, 4.69) is 19.1 Å². The Labute approximate surface area is 146 Å². The molecule has 0 radical (unpaired) electrons. The summed E-state index contributed by atoms with van der Waals surface area (Å²) in [5.74, 6) is 4.31. The first kappa shape index (κ1) is 16.4. The molecule has 0 heterocycles. The molecule has 4 rings (SSSR count). The Balaban J connectivity index is 1.58. The number of hydrogen-bond donors (Lipinski definition) is 1. The van der Waals surface area contributed by atoms with Crippen LogP contribution in [0, 0.1) is 24.7 Å². The Kier molecular flexibility index (Phi) is 4.60. The van der Waals surface area contributed by atoms with Gasteiger partial charge in [0.05, 0.1) is 0 Å². The molecule has 3 aliphatic carbocycles. The van der Waals surface area contributed by atoms with Gasteiger partial charge in [-0.05, 0) is 91.4 Å². The summed E-state index contributed by atoms with van der Waals surface area (Å²) >= 11 is 0. The number of hydrogen-bond acceptors (Lipinski definition) is 2. The topological polar surface area (TPSA) is 29.5 Å². The van der Waals surface area contributed by atoms with Gasteiger partial charge in [0.1, 0.15) is 5.75 Å². The van der Waals surface area contributed by atoms with E-state index < -0.39 is 0 Å². The predicted molar refractivity (Wildman–Crippen MR) is 97.6 cm³/mol. The van der Waals surface area contributed by atoms with E-state index in [4.69, 9.17) is 4.74 Å². The molecule has 2 nitrogen and oxygen atoms in total. The number of benzene rings is 1. The SMILES string of the molecule is COCC1CC2CC1CC2c1cc(C2CCCCC2)c(O)cc1C. The highest BCUT2D eigenvalue weighted by atomic mass is 16.5. The van der Waals surface area contributed by atoms with Crippen molar-refractivity contribution in [3.63, 3.8) is 0 Å². The number of fused-ring (bicyclic) bond motifs is 2. The second kappa shape index (κ2) is 6.71. The van der Waals surface area contributed by atoms with Gasteiger partial charge in [0.25, 0.3) is 0 Å². The monoisotopic (exact) mass is 328 g/mol. The van der Waals surface area contributed by atoms with E-state index in [9.17, 15) is 5.11 Å². The highest BCUT2D eigenvalue weighted by molar-refractivity contribution is 5.45. The van der Waals surface area contributed by atoms with Crippen LogP contribution < -0.4 is 0 Å². The summed E-state index contributed by atoms with van der Waals surface area (Å²) in [5, 5.41) is 10.5. The van der Waals surface area contributed by atoms with Crippen LogP contribution in [-0.2, 0) is 4.74 Å². The average molecular weight is 328 g/mol. The molecule has 2 heteroatoms. The van der Waals surface area contributed by atoms with E-state index in [0.29, 0.717) is 17.6 Å². The highest BCUT2D eigenvalue weighted by Gasteiger charge is 2.46. The molecule has 4 atom stereocenters. The minimum absolute atomic E-state index is 0.545. The molecule has 4 unspecified atom stereocenters. The fourth-order valence-corrected chi connectivity index (χ4v) is 6.06. The molecule has 3 saturated carbocycles. The van der Waals surface area contributed by atoms with Crippen molar-refractivity contribution in [3.05, 3.63) is 28.8 Å². The van der Waals surface area contributed by atoms with Gasteiger partial charge >= 0.3 is 0 Å². The number of methoxy groups -OCH3 is 1. The zero-order valence-corrected chi connectivity index (χ0v) is 15.3. The van der Waals surface area contributed by atoms with Gasteiger partial charge in [0, 0.05) is 13.7 Å². The van der Waals surface area contributed by atoms with Gasteiger partial charge in [-0.1, -0.05) is 25.3 Å². The van der Waals surface area contributed by atoms with E-state index in [0.717, 1.165) is 24.4 Å². The fraction of sp³-hybridized carbons (Fsp3) is 0.727. The fourth-order valence-electron chi connectivity index (χ4n) is 6.06. The van der Waals surface area contributed by atoms with Gasteiger partial charge in [-0.3, -0.25) is 0 Å². The number of phenolic OH excluding ortho intramolecular Hbond substituents is 1. The lowest BCUT2D eigenvalue weighted by Gasteiger charge is -2.30. The summed E-state index contributed by atoms with van der Waals surface area (Å²) in [6.45, 7) is 3.13. The number of ether oxygens (including phenoxy) is 1. The maximum absolute atomic E-state index is 10.5. The molecule has 2 bridgehead atoms. The Morgan fingerprint density at radius 1 is 1.00 bits per heavy atom. The van der Waals surface area contributed by atoms with Gasteiger partial charge in [0.2, 0.25) is 0 Å². The summed E-state index contributed by atoms with van der Waals surface area (Å²) in [6, 6.07) is 4.45. The molecule has 0 spiro atoms. The molecule has 0 saturated heterocycles. The number of aromatic hydroxyl groups is 1. The molecule has 1 aromatic carbocycles. The first-order valence-electron chi connectivity index (χ1n) is 9.99. The van der Waals surface area contributed by atoms with Gasteiger partial charge in [-0.15, -0.1) is 0 Å². The predicted octanol–water partition coefficient (Wildman–Crippen LogP) is 5.52. The molecule has 3 aliphatic rings. The van der Waals surface area contributed by atoms with Crippen molar-refractivity contribution in [2.24, 2.45) is 17.8 Å². The number of phenols is 1. The van der Waals surface area contributed by atoms with Crippen LogP contribution in [0.15, 0.2) is 12.1 Å². The number of rotatable bonds is 4. The lowest BCUT2D eigenvalue weighted by atomic mass is 9.75. The zero-order chi connectivity index (χ0) is 16.7. The summed E-state index contributed by atoms with van der Waals surface area (Å²) < 4.78 is 5.42. The van der Waals surface area contributed by atoms with Crippen LogP contribution in [0.3, 0.4) is 0 Å². The van der Waals surface area contributed by atoms with Gasteiger partial charge < -0.3 is 9.84 Å². The van der Waals surface area contributed by atoms with E-state index in [1.165, 1.54) is 68.1 Å². The minimum atomic E-state index is 0.545. The Hall–Kier alpha value is -1.02. The van der Waals surface area contributed by atoms with Crippen molar-refractivity contribution in [1.82, 2.24) is 0 Å². The largest absolute Gasteiger partial charge is 0.508 e. The second-order valence-corrected chi connectivity index (χ2v) is 8.65. The maximum Gasteiger partial charge on any atom is 0.119 e. The van der Waals surface area contributed by atoms with Crippen molar-refractivity contribution >= 4 is 0 Å². The van der Waals surface area contributed by atoms with Crippen LogP contribution in [-0.4, -0.2) is 18.8 Å². The average Bonchev–Trinajstić information content (AvgIpc) is 3.16. The molecule has 1 N–H and O–H groups in total. The molecule has 1 aromatic rings. The highest BCUT2D eigenvalue weighted by Crippen LogP contribution is 2.56. The van der Waals surface area contributed by atoms with E-state index in [1.54, 1.807) is 0 Å². The molecular formula is C22H32O2. The summed E-state index contributed by atoms with van der Waals surface area (Å²) in [5.41, 5.74) is 4.08. The van der Waals surface area contributed by atoms with Crippen LogP contribution in [0.5, 0.6) is 5.75 Å². The van der Waals surface area contributed by atoms with Crippen LogP contribution in [0.2, 0.25) is 0 Å². The second-order valence-electron chi connectivity index (χ2n) is 8.65. The van der Waals surface area contributed by atoms with Crippen LogP contribution >= 0.6 is 0 Å². The van der Waals surface area contributed by atoms with E-state index >= 15 is 0 Å². The first-order valence-corrected chi connectivity index (χ1v) is 9.99. The Bertz CT molecular complexity index is 588. The third kappa shape index (κ3) is 2.87. The Morgan fingerprint density at radius 2 is 1.79 bits per heavy atom. The van der Waals surface area contributed by atoms with Crippen LogP contribution in [0.1, 0.15) is 79.9 Å². The van der Waals surface area contributed by atoms with E-state index in [-0.39, 0.29) is 0 Å². The maximum atomic E-state index is 10.5. The van der Waals surface area contributed by atoms with Crippen molar-refractivity contribution in [1.29, 1.82) is 0 Å². The number of aryl methyl sites for hydroxylation is 1. The van der Waals surface area contributed by atoms with Crippen LogP contribution in [0.4, 0.5) is 0 Å². The Morgan fingerprint density at radius 3 is 2.46 bits per heavy atom. The smallest absolute Gasteiger partial charge is 0.119 e. The quantitative estimate of drug-likeness (QED) is 0.788. The van der Waals surface area contributed by atoms with E-state index in [1.807, 2.05) is 7.11 Å². The summed E-state index contributed by atoms with van der Waals surface area (Å²) in [4.78, 5) is 0. The zero-order valence-electron chi connectivity index (χ0n) is 15.3. The summed E-state index contributed by atoms with van der Waals surface area (Å²) in [7, 11) is 1.84. The molecule has 3 fully saturated rings. The third-order valence-electron chi connectivity index (χ3n) is 7.24. The van der Waals surface area contributed by atoms with Crippen molar-refractivity contribution in [2.75, 3.05) is 13.7 Å². The molecule has 132 valence electrons. The van der Waals surface area contributed by atoms with Gasteiger partial charge in [-0.2, -0.15) is 0 Å².